The molecule has 0 aliphatic heterocycles. The van der Waals surface area contributed by atoms with Gasteiger partial charge in [0.15, 0.2) is 11.5 Å². The molecule has 0 saturated carbocycles. The zero-order valence-corrected chi connectivity index (χ0v) is 21.5. The van der Waals surface area contributed by atoms with E-state index in [1.54, 1.807) is 0 Å². The maximum Gasteiger partial charge on any atom is 0.179 e. The van der Waals surface area contributed by atoms with Gasteiger partial charge in [0.25, 0.3) is 0 Å². The zero-order valence-electron chi connectivity index (χ0n) is 20.5. The van der Waals surface area contributed by atoms with Crippen molar-refractivity contribution in [3.05, 3.63) is 97.2 Å². The van der Waals surface area contributed by atoms with Crippen LogP contribution in [0.15, 0.2) is 102 Å². The molecule has 0 N–H and O–H groups in total. The highest BCUT2D eigenvalue weighted by molar-refractivity contribution is 6.88. The number of rotatable bonds is 3. The number of pyridine rings is 1. The topological polar surface area (TPSA) is 43.9 Å². The van der Waals surface area contributed by atoms with Crippen LogP contribution in [0.3, 0.4) is 0 Å². The van der Waals surface area contributed by atoms with Gasteiger partial charge in [-0.15, -0.1) is 0 Å². The quantitative estimate of drug-likeness (QED) is 0.242. The van der Waals surface area contributed by atoms with E-state index >= 15 is 0 Å². The summed E-state index contributed by atoms with van der Waals surface area (Å²) < 4.78 is 8.82. The predicted octanol–water partition coefficient (Wildman–Crippen LogP) is 7.69. The zero-order chi connectivity index (χ0) is 24.4. The van der Waals surface area contributed by atoms with Crippen LogP contribution in [0.5, 0.6) is 0 Å². The van der Waals surface area contributed by atoms with Crippen molar-refractivity contribution in [1.29, 1.82) is 0 Å². The Labute approximate surface area is 209 Å². The lowest BCUT2D eigenvalue weighted by Crippen LogP contribution is -2.37. The second-order valence-electron chi connectivity index (χ2n) is 10.4. The lowest BCUT2D eigenvalue weighted by Gasteiger charge is -2.15. The van der Waals surface area contributed by atoms with Crippen molar-refractivity contribution in [3.8, 4) is 17.1 Å². The molecule has 0 amide bonds. The Hall–Kier alpha value is -4.22. The average molecular weight is 484 g/mol. The first kappa shape index (κ1) is 21.1. The molecule has 0 aliphatic rings. The molecule has 0 radical (unpaired) electrons. The fourth-order valence-corrected chi connectivity index (χ4v) is 6.29. The van der Waals surface area contributed by atoms with E-state index in [9.17, 15) is 0 Å². The first-order valence-electron chi connectivity index (χ1n) is 12.3. The number of aromatic nitrogens is 3. The van der Waals surface area contributed by atoms with Gasteiger partial charge in [-0.1, -0.05) is 91.6 Å². The van der Waals surface area contributed by atoms with Crippen molar-refractivity contribution in [1.82, 2.24) is 14.5 Å². The molecule has 0 fully saturated rings. The van der Waals surface area contributed by atoms with Gasteiger partial charge in [-0.2, -0.15) is 0 Å². The Balaban J connectivity index is 1.59. The Morgan fingerprint density at radius 3 is 2.36 bits per heavy atom. The molecule has 0 spiro atoms. The van der Waals surface area contributed by atoms with Gasteiger partial charge in [0.2, 0.25) is 0 Å². The molecule has 7 rings (SSSR count). The third-order valence-electron chi connectivity index (χ3n) is 7.02. The maximum absolute atomic E-state index is 6.60. The van der Waals surface area contributed by atoms with Crippen molar-refractivity contribution < 1.29 is 4.42 Å². The number of furan rings is 1. The molecule has 7 aromatic rings. The molecular formula is C31H25N3OSi. The van der Waals surface area contributed by atoms with Crippen LogP contribution in [0.4, 0.5) is 0 Å². The van der Waals surface area contributed by atoms with E-state index in [1.807, 2.05) is 18.3 Å². The summed E-state index contributed by atoms with van der Waals surface area (Å²) in [5, 5.41) is 5.85. The van der Waals surface area contributed by atoms with Crippen LogP contribution >= 0.6 is 0 Å². The average Bonchev–Trinajstić information content (AvgIpc) is 3.47. The van der Waals surface area contributed by atoms with E-state index < -0.39 is 8.07 Å². The molecule has 0 aliphatic carbocycles. The third kappa shape index (κ3) is 3.13. The number of hydrogen-bond acceptors (Lipinski definition) is 3. The van der Waals surface area contributed by atoms with Gasteiger partial charge < -0.3 is 4.42 Å². The molecule has 0 atom stereocenters. The summed E-state index contributed by atoms with van der Waals surface area (Å²) in [6.45, 7) is 7.09. The summed E-state index contributed by atoms with van der Waals surface area (Å²) >= 11 is 0. The summed E-state index contributed by atoms with van der Waals surface area (Å²) in [6.07, 6.45) is 1.91. The molecule has 174 valence electrons. The summed E-state index contributed by atoms with van der Waals surface area (Å²) in [7, 11) is -1.46. The van der Waals surface area contributed by atoms with E-state index in [4.69, 9.17) is 14.4 Å². The van der Waals surface area contributed by atoms with Crippen LogP contribution in [0, 0.1) is 0 Å². The van der Waals surface area contributed by atoms with Crippen molar-refractivity contribution in [3.63, 3.8) is 0 Å². The molecule has 3 aromatic heterocycles. The molecule has 5 heteroatoms. The second-order valence-corrected chi connectivity index (χ2v) is 15.4. The first-order chi connectivity index (χ1) is 17.5. The molecule has 0 saturated heterocycles. The van der Waals surface area contributed by atoms with Gasteiger partial charge in [0.1, 0.15) is 16.7 Å². The third-order valence-corrected chi connectivity index (χ3v) is 9.06. The van der Waals surface area contributed by atoms with Gasteiger partial charge in [-0.25, -0.2) is 9.97 Å². The number of benzene rings is 4. The lowest BCUT2D eigenvalue weighted by atomic mass is 10.1. The van der Waals surface area contributed by atoms with Crippen molar-refractivity contribution in [2.45, 2.75) is 19.6 Å². The van der Waals surface area contributed by atoms with Crippen LogP contribution in [0.2, 0.25) is 19.6 Å². The molecule has 4 nitrogen and oxygen atoms in total. The van der Waals surface area contributed by atoms with Crippen molar-refractivity contribution in [2.24, 2.45) is 0 Å². The maximum atomic E-state index is 6.60. The van der Waals surface area contributed by atoms with E-state index in [0.29, 0.717) is 0 Å². The van der Waals surface area contributed by atoms with E-state index in [-0.39, 0.29) is 0 Å². The highest BCUT2D eigenvalue weighted by atomic mass is 28.3. The Bertz CT molecular complexity index is 1930. The number of imidazole rings is 1. The SMILES string of the molecule is C[Si](C)(C)c1ccc2c(c1)oc1c(-c3nc4ncc5ccccc5c4n3-c3ccccc3)cccc12. The Kier molecular flexibility index (Phi) is 4.47. The molecule has 36 heavy (non-hydrogen) atoms. The predicted molar refractivity (Wildman–Crippen MR) is 152 cm³/mol. The van der Waals surface area contributed by atoms with Crippen LogP contribution in [-0.2, 0) is 0 Å². The molecule has 0 unspecified atom stereocenters. The fourth-order valence-electron chi connectivity index (χ4n) is 5.15. The number of para-hydroxylation sites is 2. The molecule has 4 aromatic carbocycles. The van der Waals surface area contributed by atoms with E-state index in [0.717, 1.165) is 61.0 Å². The number of hydrogen-bond donors (Lipinski definition) is 0. The van der Waals surface area contributed by atoms with Crippen LogP contribution in [-0.4, -0.2) is 22.6 Å². The van der Waals surface area contributed by atoms with Gasteiger partial charge in [0, 0.05) is 33.4 Å². The Morgan fingerprint density at radius 1 is 0.750 bits per heavy atom. The van der Waals surface area contributed by atoms with Crippen LogP contribution in [0.1, 0.15) is 0 Å². The largest absolute Gasteiger partial charge is 0.455 e. The summed E-state index contributed by atoms with van der Waals surface area (Å²) in [6, 6.07) is 31.8. The smallest absolute Gasteiger partial charge is 0.179 e. The fraction of sp³-hybridized carbons (Fsp3) is 0.0968. The molecular weight excluding hydrogens is 458 g/mol. The van der Waals surface area contributed by atoms with Gasteiger partial charge >= 0.3 is 0 Å². The monoisotopic (exact) mass is 483 g/mol. The summed E-state index contributed by atoms with van der Waals surface area (Å²) in [5.74, 6) is 0.829. The van der Waals surface area contributed by atoms with Gasteiger partial charge in [-0.3, -0.25) is 4.57 Å². The minimum atomic E-state index is -1.46. The summed E-state index contributed by atoms with van der Waals surface area (Å²) in [4.78, 5) is 9.83. The normalized spacial score (nSPS) is 12.3. The van der Waals surface area contributed by atoms with Crippen LogP contribution in [0.25, 0.3) is 61.0 Å². The minimum absolute atomic E-state index is 0.724. The highest BCUT2D eigenvalue weighted by Gasteiger charge is 2.23. The van der Waals surface area contributed by atoms with Gasteiger partial charge in [-0.05, 0) is 24.3 Å². The molecule has 0 bridgehead atoms. The summed E-state index contributed by atoms with van der Waals surface area (Å²) in [5.41, 5.74) is 5.52. The molecule has 3 heterocycles. The van der Waals surface area contributed by atoms with E-state index in [2.05, 4.69) is 103 Å². The van der Waals surface area contributed by atoms with Crippen LogP contribution < -0.4 is 5.19 Å². The van der Waals surface area contributed by atoms with E-state index in [1.165, 1.54) is 5.19 Å². The first-order valence-corrected chi connectivity index (χ1v) is 15.8. The number of nitrogens with zero attached hydrogens (tertiary/aromatic N) is 3. The highest BCUT2D eigenvalue weighted by Crippen LogP contribution is 2.38. The Morgan fingerprint density at radius 2 is 1.53 bits per heavy atom. The standard InChI is InChI=1S/C31H25N3OSi/c1-36(2,3)22-16-17-24-25-14-9-15-26(29(25)35-27(24)18-22)31-33-30-28(34(31)21-11-5-4-6-12-21)23-13-8-7-10-20(23)19-32-30/h4-19H,1-3H3. The minimum Gasteiger partial charge on any atom is -0.455 e. The van der Waals surface area contributed by atoms with Gasteiger partial charge in [0.05, 0.1) is 13.6 Å². The van der Waals surface area contributed by atoms with Crippen molar-refractivity contribution >= 4 is 57.1 Å². The lowest BCUT2D eigenvalue weighted by molar-refractivity contribution is 0.669. The van der Waals surface area contributed by atoms with Crippen molar-refractivity contribution in [2.75, 3.05) is 0 Å². The number of fused-ring (bicyclic) bond motifs is 6. The second kappa shape index (κ2) is 7.64.